The fourth-order valence-electron chi connectivity index (χ4n) is 2.52. The molecule has 0 saturated carbocycles. The summed E-state index contributed by atoms with van der Waals surface area (Å²) >= 11 is 0. The van der Waals surface area contributed by atoms with Gasteiger partial charge in [0.25, 0.3) is 0 Å². The third-order valence-corrected chi connectivity index (χ3v) is 3.48. The van der Waals surface area contributed by atoms with Gasteiger partial charge in [0.15, 0.2) is 5.96 Å². The second kappa shape index (κ2) is 8.34. The molecule has 0 aromatic rings. The van der Waals surface area contributed by atoms with Crippen LogP contribution in [0.1, 0.15) is 39.5 Å². The summed E-state index contributed by atoms with van der Waals surface area (Å²) in [6.45, 7) is 8.68. The zero-order chi connectivity index (χ0) is 12.5. The first kappa shape index (κ1) is 14.3. The number of guanidine groups is 1. The van der Waals surface area contributed by atoms with Gasteiger partial charge in [-0.2, -0.15) is 0 Å². The van der Waals surface area contributed by atoms with Gasteiger partial charge < -0.3 is 10.6 Å². The van der Waals surface area contributed by atoms with Crippen LogP contribution in [0.15, 0.2) is 4.99 Å². The lowest BCUT2D eigenvalue weighted by Gasteiger charge is -2.35. The molecule has 1 aliphatic rings. The number of nitrogens with one attached hydrogen (secondary N) is 2. The van der Waals surface area contributed by atoms with Crippen molar-refractivity contribution in [2.24, 2.45) is 4.99 Å². The highest BCUT2D eigenvalue weighted by Crippen LogP contribution is 2.18. The van der Waals surface area contributed by atoms with E-state index in [2.05, 4.69) is 34.4 Å². The van der Waals surface area contributed by atoms with E-state index in [4.69, 9.17) is 0 Å². The minimum Gasteiger partial charge on any atom is -0.357 e. The first-order valence-corrected chi connectivity index (χ1v) is 7.00. The third-order valence-electron chi connectivity index (χ3n) is 3.48. The van der Waals surface area contributed by atoms with E-state index in [-0.39, 0.29) is 0 Å². The molecule has 0 bridgehead atoms. The lowest BCUT2D eigenvalue weighted by Crippen LogP contribution is -2.45. The van der Waals surface area contributed by atoms with E-state index in [0.29, 0.717) is 0 Å². The summed E-state index contributed by atoms with van der Waals surface area (Å²) in [5, 5.41) is 6.58. The average molecular weight is 240 g/mol. The van der Waals surface area contributed by atoms with E-state index in [9.17, 15) is 0 Å². The molecule has 4 heteroatoms. The van der Waals surface area contributed by atoms with Crippen molar-refractivity contribution in [1.82, 2.24) is 15.5 Å². The second-order valence-corrected chi connectivity index (χ2v) is 4.62. The van der Waals surface area contributed by atoms with Crippen LogP contribution < -0.4 is 10.6 Å². The molecule has 0 spiro atoms. The van der Waals surface area contributed by atoms with E-state index in [0.717, 1.165) is 31.6 Å². The predicted octanol–water partition coefficient (Wildman–Crippen LogP) is 1.44. The monoisotopic (exact) mass is 240 g/mol. The Morgan fingerprint density at radius 2 is 2.12 bits per heavy atom. The Hall–Kier alpha value is -0.770. The zero-order valence-electron chi connectivity index (χ0n) is 11.6. The van der Waals surface area contributed by atoms with Crippen molar-refractivity contribution < 1.29 is 0 Å². The molecule has 17 heavy (non-hydrogen) atoms. The number of piperidine rings is 1. The SMILES string of the molecule is CCNC(=NC)NCCN1CCCCC1CC. The summed E-state index contributed by atoms with van der Waals surface area (Å²) in [4.78, 5) is 6.80. The molecule has 1 unspecified atom stereocenters. The smallest absolute Gasteiger partial charge is 0.191 e. The molecule has 0 amide bonds. The van der Waals surface area contributed by atoms with Gasteiger partial charge in [0.1, 0.15) is 0 Å². The predicted molar refractivity (Wildman–Crippen MR) is 74.5 cm³/mol. The molecule has 0 radical (unpaired) electrons. The molecule has 1 aliphatic heterocycles. The fraction of sp³-hybridized carbons (Fsp3) is 0.923. The van der Waals surface area contributed by atoms with Crippen LogP contribution in [0, 0.1) is 0 Å². The number of rotatable bonds is 5. The first-order chi connectivity index (χ1) is 8.31. The Bertz CT molecular complexity index is 227. The summed E-state index contributed by atoms with van der Waals surface area (Å²) in [6, 6.07) is 0.798. The van der Waals surface area contributed by atoms with Crippen molar-refractivity contribution in [2.75, 3.05) is 33.2 Å². The van der Waals surface area contributed by atoms with Gasteiger partial charge in [-0.25, -0.2) is 0 Å². The lowest BCUT2D eigenvalue weighted by molar-refractivity contribution is 0.147. The molecule has 0 aliphatic carbocycles. The van der Waals surface area contributed by atoms with E-state index in [1.807, 2.05) is 7.05 Å². The standard InChI is InChI=1S/C13H28N4/c1-4-12-8-6-7-10-17(12)11-9-16-13(14-3)15-5-2/h12H,4-11H2,1-3H3,(H2,14,15,16). The molecule has 1 atom stereocenters. The van der Waals surface area contributed by atoms with Crippen LogP contribution in [0.3, 0.4) is 0 Å². The minimum absolute atomic E-state index is 0.798. The van der Waals surface area contributed by atoms with Crippen molar-refractivity contribution in [3.63, 3.8) is 0 Å². The summed E-state index contributed by atoms with van der Waals surface area (Å²) in [6.07, 6.45) is 5.42. The average Bonchev–Trinajstić information content (AvgIpc) is 2.38. The van der Waals surface area contributed by atoms with Gasteiger partial charge in [-0.1, -0.05) is 13.3 Å². The summed E-state index contributed by atoms with van der Waals surface area (Å²) in [5.41, 5.74) is 0. The van der Waals surface area contributed by atoms with Crippen LogP contribution in [0.4, 0.5) is 0 Å². The van der Waals surface area contributed by atoms with Gasteiger partial charge in [0.05, 0.1) is 0 Å². The summed E-state index contributed by atoms with van der Waals surface area (Å²) < 4.78 is 0. The highest BCUT2D eigenvalue weighted by Gasteiger charge is 2.19. The number of nitrogens with zero attached hydrogens (tertiary/aromatic N) is 2. The van der Waals surface area contributed by atoms with Crippen LogP contribution >= 0.6 is 0 Å². The van der Waals surface area contributed by atoms with Crippen LogP contribution in [-0.4, -0.2) is 50.1 Å². The molecular formula is C13H28N4. The Morgan fingerprint density at radius 1 is 1.29 bits per heavy atom. The molecule has 4 nitrogen and oxygen atoms in total. The number of likely N-dealkylation sites (tertiary alicyclic amines) is 1. The molecule has 100 valence electrons. The van der Waals surface area contributed by atoms with Crippen LogP contribution in [0.25, 0.3) is 0 Å². The lowest BCUT2D eigenvalue weighted by atomic mass is 10.0. The first-order valence-electron chi connectivity index (χ1n) is 7.00. The Kier molecular flexibility index (Phi) is 7.01. The van der Waals surface area contributed by atoms with Crippen LogP contribution in [0.2, 0.25) is 0 Å². The molecule has 2 N–H and O–H groups in total. The number of hydrogen-bond acceptors (Lipinski definition) is 2. The maximum Gasteiger partial charge on any atom is 0.191 e. The Labute approximate surface area is 106 Å². The van der Waals surface area contributed by atoms with E-state index >= 15 is 0 Å². The number of aliphatic imine (C=N–C) groups is 1. The van der Waals surface area contributed by atoms with E-state index < -0.39 is 0 Å². The molecule has 1 rings (SSSR count). The molecule has 0 aromatic carbocycles. The minimum atomic E-state index is 0.798. The largest absolute Gasteiger partial charge is 0.357 e. The normalized spacial score (nSPS) is 22.5. The topological polar surface area (TPSA) is 39.7 Å². The quantitative estimate of drug-likeness (QED) is 0.564. The third kappa shape index (κ3) is 4.94. The second-order valence-electron chi connectivity index (χ2n) is 4.62. The van der Waals surface area contributed by atoms with Gasteiger partial charge in [0, 0.05) is 32.7 Å². The molecule has 1 saturated heterocycles. The van der Waals surface area contributed by atoms with Gasteiger partial charge >= 0.3 is 0 Å². The van der Waals surface area contributed by atoms with E-state index in [1.54, 1.807) is 0 Å². The van der Waals surface area contributed by atoms with Gasteiger partial charge in [0.2, 0.25) is 0 Å². The van der Waals surface area contributed by atoms with Crippen molar-refractivity contribution >= 4 is 5.96 Å². The van der Waals surface area contributed by atoms with Crippen LogP contribution in [-0.2, 0) is 0 Å². The summed E-state index contributed by atoms with van der Waals surface area (Å²) in [5.74, 6) is 0.914. The van der Waals surface area contributed by atoms with Crippen molar-refractivity contribution in [1.29, 1.82) is 0 Å². The maximum atomic E-state index is 4.18. The van der Waals surface area contributed by atoms with E-state index in [1.165, 1.54) is 32.2 Å². The van der Waals surface area contributed by atoms with Crippen molar-refractivity contribution in [3.05, 3.63) is 0 Å². The maximum absolute atomic E-state index is 4.18. The fourth-order valence-corrected chi connectivity index (χ4v) is 2.52. The van der Waals surface area contributed by atoms with Gasteiger partial charge in [-0.3, -0.25) is 9.89 Å². The molecule has 1 fully saturated rings. The highest BCUT2D eigenvalue weighted by molar-refractivity contribution is 5.79. The molecule has 0 aromatic heterocycles. The highest BCUT2D eigenvalue weighted by atomic mass is 15.2. The Balaban J connectivity index is 2.24. The molecule has 1 heterocycles. The number of hydrogen-bond donors (Lipinski definition) is 2. The van der Waals surface area contributed by atoms with Gasteiger partial charge in [-0.05, 0) is 32.7 Å². The van der Waals surface area contributed by atoms with Crippen LogP contribution in [0.5, 0.6) is 0 Å². The molecular weight excluding hydrogens is 212 g/mol. The Morgan fingerprint density at radius 3 is 2.76 bits per heavy atom. The van der Waals surface area contributed by atoms with Crippen molar-refractivity contribution in [2.45, 2.75) is 45.6 Å². The summed E-state index contributed by atoms with van der Waals surface area (Å²) in [7, 11) is 1.82. The van der Waals surface area contributed by atoms with Crippen molar-refractivity contribution in [3.8, 4) is 0 Å². The van der Waals surface area contributed by atoms with Gasteiger partial charge in [-0.15, -0.1) is 0 Å². The zero-order valence-corrected chi connectivity index (χ0v) is 11.6.